The van der Waals surface area contributed by atoms with E-state index in [1.165, 1.54) is 5.19 Å². The van der Waals surface area contributed by atoms with E-state index in [4.69, 9.17) is 5.48 Å². The molecular weight excluding hydrogens is 282 g/mol. The highest BCUT2D eigenvalue weighted by Crippen LogP contribution is 2.23. The number of pyridine rings is 1. The van der Waals surface area contributed by atoms with Crippen molar-refractivity contribution in [3.63, 3.8) is 0 Å². The van der Waals surface area contributed by atoms with Crippen molar-refractivity contribution >= 4 is 13.3 Å². The summed E-state index contributed by atoms with van der Waals surface area (Å²) in [6.45, 7) is 10.6. The Morgan fingerprint density at radius 1 is 1.18 bits per heavy atom. The Kier molecular flexibility index (Phi) is 3.29. The minimum Gasteiger partial charge on any atom is -0.201 e. The second-order valence-corrected chi connectivity index (χ2v) is 12.4. The van der Waals surface area contributed by atoms with E-state index >= 15 is 0 Å². The van der Waals surface area contributed by atoms with Crippen molar-refractivity contribution in [2.75, 3.05) is 0 Å². The molecule has 0 amide bonds. The van der Waals surface area contributed by atoms with Crippen LogP contribution in [0.4, 0.5) is 0 Å². The van der Waals surface area contributed by atoms with Gasteiger partial charge in [-0.25, -0.2) is 4.57 Å². The third kappa shape index (κ3) is 3.32. The smallest absolute Gasteiger partial charge is 0.201 e. The van der Waals surface area contributed by atoms with Gasteiger partial charge in [0, 0.05) is 22.7 Å². The monoisotopic (exact) mass is 316 g/mol. The van der Waals surface area contributed by atoms with E-state index in [0.717, 1.165) is 22.4 Å². The van der Waals surface area contributed by atoms with Gasteiger partial charge in [-0.1, -0.05) is 51.2 Å². The van der Waals surface area contributed by atoms with Crippen LogP contribution in [-0.2, 0) is 7.05 Å². The summed E-state index contributed by atoms with van der Waals surface area (Å²) >= 11 is 0. The normalized spacial score (nSPS) is 15.8. The molecule has 0 saturated heterocycles. The molecule has 0 saturated carbocycles. The Bertz CT molecular complexity index is 827. The molecule has 1 aromatic heterocycles. The third-order valence-corrected chi connectivity index (χ3v) is 6.15. The van der Waals surface area contributed by atoms with Crippen molar-refractivity contribution in [1.82, 2.24) is 0 Å². The molecule has 0 atom stereocenters. The zero-order chi connectivity index (χ0) is 20.1. The molecule has 1 nitrogen and oxygen atoms in total. The maximum atomic E-state index is 8.55. The Hall–Kier alpha value is -1.41. The Morgan fingerprint density at radius 3 is 2.36 bits per heavy atom. The number of benzene rings is 1. The van der Waals surface area contributed by atoms with E-state index in [0.29, 0.717) is 5.56 Å². The summed E-state index contributed by atoms with van der Waals surface area (Å²) in [5.74, 6) is -0.661. The van der Waals surface area contributed by atoms with Crippen molar-refractivity contribution in [3.8, 4) is 11.3 Å². The van der Waals surface area contributed by atoms with E-state index in [2.05, 4.69) is 36.5 Å². The second-order valence-electron chi connectivity index (χ2n) is 7.38. The molecule has 0 fully saturated rings. The lowest BCUT2D eigenvalue weighted by molar-refractivity contribution is -0.660. The lowest BCUT2D eigenvalue weighted by atomic mass is 10.00. The molecule has 0 radical (unpaired) electrons. The van der Waals surface area contributed by atoms with Crippen LogP contribution in [0.15, 0.2) is 30.5 Å². The highest BCUT2D eigenvalue weighted by molar-refractivity contribution is 6.89. The molecule has 2 rings (SSSR count). The molecule has 118 valence electrons. The lowest BCUT2D eigenvalue weighted by Crippen LogP contribution is -2.45. The minimum absolute atomic E-state index is 0.371. The summed E-state index contributed by atoms with van der Waals surface area (Å²) < 4.78 is 33.5. The van der Waals surface area contributed by atoms with Crippen LogP contribution >= 0.6 is 0 Å². The zero-order valence-electron chi connectivity index (χ0n) is 18.8. The molecule has 0 aliphatic rings. The average molecular weight is 317 g/mol. The van der Waals surface area contributed by atoms with Crippen molar-refractivity contribution in [3.05, 3.63) is 47.2 Å². The molecular formula is C20H30NSi+. The number of hydrogen-bond acceptors (Lipinski definition) is 0. The predicted molar refractivity (Wildman–Crippen MR) is 99.6 cm³/mol. The molecule has 2 aromatic rings. The van der Waals surface area contributed by atoms with Crippen molar-refractivity contribution in [2.24, 2.45) is 7.05 Å². The Morgan fingerprint density at radius 2 is 1.86 bits per heavy atom. The first-order valence-corrected chi connectivity index (χ1v) is 11.3. The van der Waals surface area contributed by atoms with Gasteiger partial charge in [-0.05, 0) is 36.5 Å². The number of rotatable bonds is 3. The first-order valence-electron chi connectivity index (χ1n) is 9.78. The van der Waals surface area contributed by atoms with Gasteiger partial charge in [0.2, 0.25) is 5.69 Å². The van der Waals surface area contributed by atoms with Crippen LogP contribution in [0.5, 0.6) is 0 Å². The fraction of sp³-hybridized carbons (Fsp3) is 0.450. The van der Waals surface area contributed by atoms with Gasteiger partial charge in [0.05, 0.1) is 8.07 Å². The lowest BCUT2D eigenvalue weighted by Gasteiger charge is -2.22. The predicted octanol–water partition coefficient (Wildman–Crippen LogP) is 4.46. The third-order valence-electron chi connectivity index (χ3n) is 4.12. The molecule has 22 heavy (non-hydrogen) atoms. The van der Waals surface area contributed by atoms with Crippen LogP contribution in [0.1, 0.15) is 41.9 Å². The molecule has 0 spiro atoms. The fourth-order valence-electron chi connectivity index (χ4n) is 2.89. The summed E-state index contributed by atoms with van der Waals surface area (Å²) in [6.07, 6.45) is 2.08. The standard InChI is InChI=1S/C20H30NSi/c1-14(2)18-13-21(5)19(12-20(18)22(6,7)8)17-10-9-15(3)11-16(17)4/h9-14H,1-8H3/q+1/i3D3,14D. The molecule has 1 heterocycles. The summed E-state index contributed by atoms with van der Waals surface area (Å²) in [6, 6.07) is 7.59. The first-order chi connectivity index (χ1) is 11.6. The van der Waals surface area contributed by atoms with Gasteiger partial charge in [0.1, 0.15) is 7.05 Å². The van der Waals surface area contributed by atoms with Crippen molar-refractivity contribution in [2.45, 2.75) is 53.2 Å². The van der Waals surface area contributed by atoms with Gasteiger partial charge in [-0.15, -0.1) is 0 Å². The minimum atomic E-state index is -2.09. The van der Waals surface area contributed by atoms with Crippen LogP contribution < -0.4 is 9.75 Å². The van der Waals surface area contributed by atoms with Crippen molar-refractivity contribution < 1.29 is 10.1 Å². The highest BCUT2D eigenvalue weighted by Gasteiger charge is 2.27. The second kappa shape index (κ2) is 6.00. The van der Waals surface area contributed by atoms with E-state index < -0.39 is 20.8 Å². The average Bonchev–Trinajstić information content (AvgIpc) is 2.44. The molecule has 0 aliphatic carbocycles. The first kappa shape index (κ1) is 12.1. The van der Waals surface area contributed by atoms with Crippen LogP contribution in [0, 0.1) is 13.8 Å². The topological polar surface area (TPSA) is 3.88 Å². The molecule has 1 aromatic carbocycles. The fourth-order valence-corrected chi connectivity index (χ4v) is 4.58. The summed E-state index contributed by atoms with van der Waals surface area (Å²) in [7, 11) is 0.339. The summed E-state index contributed by atoms with van der Waals surface area (Å²) in [5, 5.41) is 1.28. The van der Waals surface area contributed by atoms with Gasteiger partial charge in [-0.2, -0.15) is 0 Å². The number of aromatic nitrogens is 1. The van der Waals surface area contributed by atoms with Gasteiger partial charge in [0.25, 0.3) is 0 Å². The largest absolute Gasteiger partial charge is 0.212 e. The molecule has 2 heteroatoms. The summed E-state index contributed by atoms with van der Waals surface area (Å²) in [4.78, 5) is 0. The maximum absolute atomic E-state index is 8.55. The maximum Gasteiger partial charge on any atom is 0.212 e. The number of aryl methyl sites for hydroxylation is 3. The zero-order valence-corrected chi connectivity index (χ0v) is 15.8. The van der Waals surface area contributed by atoms with E-state index in [1.807, 2.05) is 33.9 Å². The molecule has 0 aliphatic heterocycles. The van der Waals surface area contributed by atoms with Gasteiger partial charge in [0.15, 0.2) is 6.20 Å². The van der Waals surface area contributed by atoms with Crippen LogP contribution in [0.2, 0.25) is 19.6 Å². The van der Waals surface area contributed by atoms with Crippen LogP contribution in [0.25, 0.3) is 11.3 Å². The van der Waals surface area contributed by atoms with Gasteiger partial charge in [-0.3, -0.25) is 0 Å². The van der Waals surface area contributed by atoms with Gasteiger partial charge >= 0.3 is 0 Å². The number of nitrogens with zero attached hydrogens (tertiary/aromatic N) is 1. The Balaban J connectivity index is 2.72. The Labute approximate surface area is 142 Å². The summed E-state index contributed by atoms with van der Waals surface area (Å²) in [5.41, 5.74) is 4.49. The van der Waals surface area contributed by atoms with Gasteiger partial charge < -0.3 is 0 Å². The molecule has 0 bridgehead atoms. The van der Waals surface area contributed by atoms with Crippen molar-refractivity contribution in [1.29, 1.82) is 0 Å². The van der Waals surface area contributed by atoms with E-state index in [9.17, 15) is 0 Å². The SMILES string of the molecule is [2H]C([2H])([2H])c1ccc(-c2cc([Si](C)(C)C)c(C([2H])(C)C)c[n+]2C)c(C)c1. The quantitative estimate of drug-likeness (QED) is 0.581. The van der Waals surface area contributed by atoms with Crippen LogP contribution in [0.3, 0.4) is 0 Å². The van der Waals surface area contributed by atoms with E-state index in [1.54, 1.807) is 12.1 Å². The molecule has 0 unspecified atom stereocenters. The number of hydrogen-bond donors (Lipinski definition) is 0. The highest BCUT2D eigenvalue weighted by atomic mass is 28.3. The van der Waals surface area contributed by atoms with Crippen LogP contribution in [-0.4, -0.2) is 8.07 Å². The molecule has 0 N–H and O–H groups in total. The van der Waals surface area contributed by atoms with E-state index in [-0.39, 0.29) is 0 Å².